The molecule has 1 aromatic carbocycles. The van der Waals surface area contributed by atoms with Crippen LogP contribution < -0.4 is 11.1 Å². The van der Waals surface area contributed by atoms with Crippen LogP contribution in [0, 0.1) is 5.92 Å². The molecule has 0 fully saturated rings. The lowest BCUT2D eigenvalue weighted by Crippen LogP contribution is -2.44. The molecule has 108 valence electrons. The van der Waals surface area contributed by atoms with Gasteiger partial charge in [0.15, 0.2) is 0 Å². The summed E-state index contributed by atoms with van der Waals surface area (Å²) in [5, 5.41) is 4.16. The number of aryl methyl sites for hydroxylation is 1. The van der Waals surface area contributed by atoms with E-state index < -0.39 is 6.04 Å². The van der Waals surface area contributed by atoms with Gasteiger partial charge in [0.25, 0.3) is 0 Å². The van der Waals surface area contributed by atoms with E-state index in [0.29, 0.717) is 6.54 Å². The summed E-state index contributed by atoms with van der Waals surface area (Å²) in [7, 11) is 0. The van der Waals surface area contributed by atoms with Gasteiger partial charge in [-0.15, -0.1) is 0 Å². The molecular weight excluding hydrogens is 250 g/mol. The van der Waals surface area contributed by atoms with E-state index in [9.17, 15) is 4.79 Å². The van der Waals surface area contributed by atoms with E-state index in [2.05, 4.69) is 22.4 Å². The van der Waals surface area contributed by atoms with Crippen LogP contribution in [0.5, 0.6) is 0 Å². The molecule has 4 N–H and O–H groups in total. The van der Waals surface area contributed by atoms with Gasteiger partial charge in [0.1, 0.15) is 0 Å². The topological polar surface area (TPSA) is 70.9 Å². The van der Waals surface area contributed by atoms with Crippen molar-refractivity contribution >= 4 is 16.8 Å². The second-order valence-electron chi connectivity index (χ2n) is 5.52. The molecule has 4 nitrogen and oxygen atoms in total. The largest absolute Gasteiger partial charge is 0.361 e. The standard InChI is InChI=1S/C16H23N3O/c1-11(2)15(17)16(20)18-9-5-6-12-10-19-14-8-4-3-7-13(12)14/h3-4,7-8,10-11,15,19H,5-6,9,17H2,1-2H3,(H,18,20)/t15-/m0/s1. The number of hydrogen-bond acceptors (Lipinski definition) is 2. The number of aromatic amines is 1. The number of aromatic nitrogens is 1. The molecule has 0 aliphatic heterocycles. The zero-order valence-corrected chi connectivity index (χ0v) is 12.1. The van der Waals surface area contributed by atoms with Gasteiger partial charge in [0.05, 0.1) is 6.04 Å². The molecule has 0 saturated carbocycles. The summed E-state index contributed by atoms with van der Waals surface area (Å²) < 4.78 is 0. The monoisotopic (exact) mass is 273 g/mol. The summed E-state index contributed by atoms with van der Waals surface area (Å²) >= 11 is 0. The first-order valence-electron chi connectivity index (χ1n) is 7.18. The Balaban J connectivity index is 1.80. The molecule has 0 aliphatic carbocycles. The zero-order chi connectivity index (χ0) is 14.5. The molecule has 1 amide bonds. The number of nitrogens with two attached hydrogens (primary N) is 1. The summed E-state index contributed by atoms with van der Waals surface area (Å²) in [6.07, 6.45) is 3.91. The lowest BCUT2D eigenvalue weighted by molar-refractivity contribution is -0.123. The molecular formula is C16H23N3O. The van der Waals surface area contributed by atoms with Crippen molar-refractivity contribution < 1.29 is 4.79 Å². The number of benzene rings is 1. The predicted molar refractivity (Wildman–Crippen MR) is 82.4 cm³/mol. The molecule has 0 unspecified atom stereocenters. The van der Waals surface area contributed by atoms with E-state index in [4.69, 9.17) is 5.73 Å². The van der Waals surface area contributed by atoms with Crippen LogP contribution in [0.3, 0.4) is 0 Å². The Morgan fingerprint density at radius 3 is 2.85 bits per heavy atom. The molecule has 0 bridgehead atoms. The van der Waals surface area contributed by atoms with Gasteiger partial charge in [-0.3, -0.25) is 4.79 Å². The van der Waals surface area contributed by atoms with Gasteiger partial charge in [-0.25, -0.2) is 0 Å². The number of fused-ring (bicyclic) bond motifs is 1. The highest BCUT2D eigenvalue weighted by Gasteiger charge is 2.16. The minimum Gasteiger partial charge on any atom is -0.361 e. The van der Waals surface area contributed by atoms with E-state index in [0.717, 1.165) is 18.4 Å². The lowest BCUT2D eigenvalue weighted by Gasteiger charge is -2.15. The maximum Gasteiger partial charge on any atom is 0.237 e. The summed E-state index contributed by atoms with van der Waals surface area (Å²) in [5.74, 6) is 0.113. The van der Waals surface area contributed by atoms with Gasteiger partial charge >= 0.3 is 0 Å². The fraction of sp³-hybridized carbons (Fsp3) is 0.438. The van der Waals surface area contributed by atoms with Crippen LogP contribution in [0.2, 0.25) is 0 Å². The number of nitrogens with one attached hydrogen (secondary N) is 2. The van der Waals surface area contributed by atoms with Crippen LogP contribution in [-0.2, 0) is 11.2 Å². The fourth-order valence-corrected chi connectivity index (χ4v) is 2.25. The summed E-state index contributed by atoms with van der Waals surface area (Å²) in [4.78, 5) is 15.0. The van der Waals surface area contributed by atoms with Gasteiger partial charge in [-0.1, -0.05) is 32.0 Å². The fourth-order valence-electron chi connectivity index (χ4n) is 2.25. The summed E-state index contributed by atoms with van der Waals surface area (Å²) in [5.41, 5.74) is 8.25. The maximum atomic E-state index is 11.7. The van der Waals surface area contributed by atoms with Gasteiger partial charge in [-0.2, -0.15) is 0 Å². The van der Waals surface area contributed by atoms with Gasteiger partial charge in [0, 0.05) is 23.6 Å². The van der Waals surface area contributed by atoms with Crippen LogP contribution in [0.4, 0.5) is 0 Å². The highest BCUT2D eigenvalue weighted by Crippen LogP contribution is 2.18. The minimum atomic E-state index is -0.414. The Morgan fingerprint density at radius 1 is 1.35 bits per heavy atom. The third kappa shape index (κ3) is 3.39. The van der Waals surface area contributed by atoms with Gasteiger partial charge in [0.2, 0.25) is 5.91 Å². The Hall–Kier alpha value is -1.81. The molecule has 1 atom stereocenters. The molecule has 20 heavy (non-hydrogen) atoms. The average Bonchev–Trinajstić information content (AvgIpc) is 2.85. The highest BCUT2D eigenvalue weighted by molar-refractivity contribution is 5.83. The second kappa shape index (κ2) is 6.57. The van der Waals surface area contributed by atoms with Crippen molar-refractivity contribution in [2.45, 2.75) is 32.7 Å². The van der Waals surface area contributed by atoms with Crippen molar-refractivity contribution in [3.8, 4) is 0 Å². The number of hydrogen-bond donors (Lipinski definition) is 3. The molecule has 1 heterocycles. The predicted octanol–water partition coefficient (Wildman–Crippen LogP) is 2.20. The van der Waals surface area contributed by atoms with E-state index >= 15 is 0 Å². The van der Waals surface area contributed by atoms with Crippen molar-refractivity contribution in [1.29, 1.82) is 0 Å². The molecule has 0 spiro atoms. The Kier molecular flexibility index (Phi) is 4.79. The van der Waals surface area contributed by atoms with Crippen LogP contribution in [-0.4, -0.2) is 23.5 Å². The van der Waals surface area contributed by atoms with Crippen LogP contribution in [0.15, 0.2) is 30.5 Å². The molecule has 0 saturated heterocycles. The lowest BCUT2D eigenvalue weighted by atomic mass is 10.0. The van der Waals surface area contributed by atoms with Gasteiger partial charge in [-0.05, 0) is 30.4 Å². The third-order valence-electron chi connectivity index (χ3n) is 3.62. The third-order valence-corrected chi connectivity index (χ3v) is 3.62. The average molecular weight is 273 g/mol. The normalized spacial score (nSPS) is 12.8. The van der Waals surface area contributed by atoms with Crippen LogP contribution in [0.25, 0.3) is 10.9 Å². The molecule has 2 aromatic rings. The molecule has 0 radical (unpaired) electrons. The zero-order valence-electron chi connectivity index (χ0n) is 12.1. The SMILES string of the molecule is CC(C)[C@H](N)C(=O)NCCCc1c[nH]c2ccccc12. The first-order valence-corrected chi connectivity index (χ1v) is 7.18. The first-order chi connectivity index (χ1) is 9.59. The number of carbonyl (C=O) groups excluding carboxylic acids is 1. The van der Waals surface area contributed by atoms with Crippen molar-refractivity contribution in [2.24, 2.45) is 11.7 Å². The number of H-pyrrole nitrogens is 1. The maximum absolute atomic E-state index is 11.7. The van der Waals surface area contributed by atoms with Crippen molar-refractivity contribution in [3.63, 3.8) is 0 Å². The summed E-state index contributed by atoms with van der Waals surface area (Å²) in [6, 6.07) is 7.85. The first kappa shape index (κ1) is 14.6. The smallest absolute Gasteiger partial charge is 0.237 e. The van der Waals surface area contributed by atoms with Crippen LogP contribution in [0.1, 0.15) is 25.8 Å². The Morgan fingerprint density at radius 2 is 2.10 bits per heavy atom. The molecule has 4 heteroatoms. The highest BCUT2D eigenvalue weighted by atomic mass is 16.2. The minimum absolute atomic E-state index is 0.0565. The van der Waals surface area contributed by atoms with Crippen molar-refractivity contribution in [3.05, 3.63) is 36.0 Å². The van der Waals surface area contributed by atoms with E-state index in [1.807, 2.05) is 32.2 Å². The number of carbonyl (C=O) groups is 1. The number of amides is 1. The number of rotatable bonds is 6. The quantitative estimate of drug-likeness (QED) is 0.706. The second-order valence-corrected chi connectivity index (χ2v) is 5.52. The van der Waals surface area contributed by atoms with E-state index in [-0.39, 0.29) is 11.8 Å². The Bertz CT molecular complexity index is 574. The molecule has 0 aliphatic rings. The van der Waals surface area contributed by atoms with Crippen LogP contribution >= 0.6 is 0 Å². The van der Waals surface area contributed by atoms with E-state index in [1.165, 1.54) is 10.9 Å². The molecule has 1 aromatic heterocycles. The summed E-state index contributed by atoms with van der Waals surface area (Å²) in [6.45, 7) is 4.57. The van der Waals surface area contributed by atoms with Crippen molar-refractivity contribution in [1.82, 2.24) is 10.3 Å². The van der Waals surface area contributed by atoms with Crippen molar-refractivity contribution in [2.75, 3.05) is 6.54 Å². The van der Waals surface area contributed by atoms with Gasteiger partial charge < -0.3 is 16.0 Å². The number of para-hydroxylation sites is 1. The Labute approximate surface area is 119 Å². The van der Waals surface area contributed by atoms with E-state index in [1.54, 1.807) is 0 Å². The molecule has 2 rings (SSSR count).